The number of pyridine rings is 1. The maximum absolute atomic E-state index is 13.7. The Balaban J connectivity index is 1.51. The summed E-state index contributed by atoms with van der Waals surface area (Å²) >= 11 is 0. The van der Waals surface area contributed by atoms with Crippen molar-refractivity contribution < 1.29 is 23.1 Å². The number of aliphatic hydroxyl groups is 1. The topological polar surface area (TPSA) is 84.1 Å². The number of benzene rings is 2. The molecule has 2 aliphatic rings. The van der Waals surface area contributed by atoms with Crippen LogP contribution in [0.4, 0.5) is 19.0 Å². The van der Waals surface area contributed by atoms with Gasteiger partial charge in [-0.3, -0.25) is 9.69 Å². The van der Waals surface area contributed by atoms with Gasteiger partial charge in [-0.05, 0) is 53.8 Å². The number of halogens is 3. The lowest BCUT2D eigenvalue weighted by atomic mass is 9.95. The van der Waals surface area contributed by atoms with E-state index >= 15 is 0 Å². The largest absolute Gasteiger partial charge is 0.416 e. The van der Waals surface area contributed by atoms with Crippen LogP contribution in [0.1, 0.15) is 40.0 Å². The second-order valence-electron chi connectivity index (χ2n) is 9.57. The van der Waals surface area contributed by atoms with Gasteiger partial charge < -0.3 is 9.67 Å². The smallest absolute Gasteiger partial charge is 0.395 e. The fourth-order valence-electron chi connectivity index (χ4n) is 4.97. The van der Waals surface area contributed by atoms with E-state index in [0.29, 0.717) is 11.5 Å². The minimum atomic E-state index is -4.58. The van der Waals surface area contributed by atoms with Crippen LogP contribution < -0.4 is 4.90 Å². The first-order chi connectivity index (χ1) is 17.7. The Kier molecular flexibility index (Phi) is 5.20. The van der Waals surface area contributed by atoms with Crippen molar-refractivity contribution in [3.63, 3.8) is 0 Å². The van der Waals surface area contributed by atoms with Gasteiger partial charge in [-0.1, -0.05) is 30.3 Å². The lowest BCUT2D eigenvalue weighted by Gasteiger charge is -2.21. The number of fused-ring (bicyclic) bond motifs is 1. The van der Waals surface area contributed by atoms with Crippen LogP contribution in [0.3, 0.4) is 0 Å². The van der Waals surface area contributed by atoms with Gasteiger partial charge in [0.15, 0.2) is 5.82 Å². The average molecular weight is 506 g/mol. The first kappa shape index (κ1) is 23.4. The minimum Gasteiger partial charge on any atom is -0.395 e. The Hall–Kier alpha value is -4.05. The molecule has 0 spiro atoms. The van der Waals surface area contributed by atoms with Crippen LogP contribution in [0.15, 0.2) is 60.9 Å². The standard InChI is InChI=1S/C27H22F3N5O2/c1-34-15-31-33-24(34)18-6-3-2-5-17(18)16-11-22(26(14-36)9-10-26)32-23(12-16)35-13-20-19(25(35)37)7-4-8-21(20)27(28,29)30/h2-8,11-12,15,36H,9-10,13-14H2,1H3. The molecule has 188 valence electrons. The fourth-order valence-corrected chi connectivity index (χ4v) is 4.97. The number of aliphatic hydroxyl groups excluding tert-OH is 1. The first-order valence-corrected chi connectivity index (χ1v) is 11.8. The molecule has 1 amide bonds. The Morgan fingerprint density at radius 1 is 1.03 bits per heavy atom. The highest BCUT2D eigenvalue weighted by Crippen LogP contribution is 2.49. The number of carbonyl (C=O) groups excluding carboxylic acids is 1. The highest BCUT2D eigenvalue weighted by atomic mass is 19.4. The summed E-state index contributed by atoms with van der Waals surface area (Å²) in [6, 6.07) is 14.8. The summed E-state index contributed by atoms with van der Waals surface area (Å²) in [5.74, 6) is 0.347. The molecule has 1 fully saturated rings. The summed E-state index contributed by atoms with van der Waals surface area (Å²) in [6.07, 6.45) is -1.52. The molecule has 1 N–H and O–H groups in total. The van der Waals surface area contributed by atoms with Crippen molar-refractivity contribution in [1.82, 2.24) is 19.7 Å². The molecule has 1 aliphatic carbocycles. The predicted octanol–water partition coefficient (Wildman–Crippen LogP) is 4.75. The number of rotatable bonds is 5. The minimum absolute atomic E-state index is 0.0198. The Morgan fingerprint density at radius 3 is 2.41 bits per heavy atom. The number of hydrogen-bond acceptors (Lipinski definition) is 5. The summed E-state index contributed by atoms with van der Waals surface area (Å²) in [5, 5.41) is 18.3. The van der Waals surface area contributed by atoms with Gasteiger partial charge in [0.1, 0.15) is 12.1 Å². The predicted molar refractivity (Wildman–Crippen MR) is 130 cm³/mol. The second kappa shape index (κ2) is 8.24. The van der Waals surface area contributed by atoms with E-state index in [2.05, 4.69) is 10.2 Å². The fraction of sp³-hybridized carbons (Fsp3) is 0.259. The molecule has 0 bridgehead atoms. The van der Waals surface area contributed by atoms with Crippen LogP contribution >= 0.6 is 0 Å². The van der Waals surface area contributed by atoms with E-state index in [1.807, 2.05) is 37.4 Å². The van der Waals surface area contributed by atoms with Crippen molar-refractivity contribution in [3.05, 3.63) is 83.3 Å². The van der Waals surface area contributed by atoms with Crippen molar-refractivity contribution in [2.75, 3.05) is 11.5 Å². The molecule has 0 radical (unpaired) electrons. The van der Waals surface area contributed by atoms with Crippen molar-refractivity contribution >= 4 is 11.7 Å². The molecule has 0 saturated heterocycles. The zero-order valence-corrected chi connectivity index (χ0v) is 19.8. The highest BCUT2D eigenvalue weighted by Gasteiger charge is 2.46. The summed E-state index contributed by atoms with van der Waals surface area (Å²) in [6.45, 7) is -0.350. The number of carbonyl (C=O) groups is 1. The molecule has 0 atom stereocenters. The van der Waals surface area contributed by atoms with Gasteiger partial charge in [0.05, 0.1) is 24.4 Å². The van der Waals surface area contributed by atoms with E-state index in [1.165, 1.54) is 17.0 Å². The maximum Gasteiger partial charge on any atom is 0.416 e. The molecule has 4 aromatic rings. The number of alkyl halides is 3. The molecule has 10 heteroatoms. The molecule has 37 heavy (non-hydrogen) atoms. The monoisotopic (exact) mass is 505 g/mol. The van der Waals surface area contributed by atoms with Gasteiger partial charge in [-0.2, -0.15) is 13.2 Å². The highest BCUT2D eigenvalue weighted by molar-refractivity contribution is 6.10. The van der Waals surface area contributed by atoms with Crippen molar-refractivity contribution in [1.29, 1.82) is 0 Å². The van der Waals surface area contributed by atoms with E-state index in [-0.39, 0.29) is 30.1 Å². The van der Waals surface area contributed by atoms with Crippen LogP contribution in [0.5, 0.6) is 0 Å². The number of amides is 1. The summed E-state index contributed by atoms with van der Waals surface area (Å²) in [4.78, 5) is 19.3. The summed E-state index contributed by atoms with van der Waals surface area (Å²) in [5.41, 5.74) is 1.54. The summed E-state index contributed by atoms with van der Waals surface area (Å²) in [7, 11) is 1.83. The Morgan fingerprint density at radius 2 is 1.76 bits per heavy atom. The number of hydrogen-bond donors (Lipinski definition) is 1. The maximum atomic E-state index is 13.7. The molecule has 2 aromatic carbocycles. The molecule has 6 rings (SSSR count). The molecule has 0 unspecified atom stereocenters. The third-order valence-corrected chi connectivity index (χ3v) is 7.25. The van der Waals surface area contributed by atoms with Crippen molar-refractivity contribution in [2.24, 2.45) is 7.05 Å². The summed E-state index contributed by atoms with van der Waals surface area (Å²) < 4.78 is 42.8. The van der Waals surface area contributed by atoms with Gasteiger partial charge in [0, 0.05) is 23.6 Å². The van der Waals surface area contributed by atoms with Crippen molar-refractivity contribution in [2.45, 2.75) is 31.0 Å². The number of anilines is 1. The molecular weight excluding hydrogens is 483 g/mol. The number of nitrogens with zero attached hydrogens (tertiary/aromatic N) is 5. The van der Waals surface area contributed by atoms with Crippen LogP contribution in [0.2, 0.25) is 0 Å². The van der Waals surface area contributed by atoms with E-state index in [0.717, 1.165) is 35.6 Å². The lowest BCUT2D eigenvalue weighted by molar-refractivity contribution is -0.138. The molecule has 1 aliphatic heterocycles. The lowest BCUT2D eigenvalue weighted by Crippen LogP contribution is -2.26. The van der Waals surface area contributed by atoms with Gasteiger partial charge in [-0.15, -0.1) is 10.2 Å². The molecule has 2 aromatic heterocycles. The van der Waals surface area contributed by atoms with E-state index in [1.54, 1.807) is 17.0 Å². The van der Waals surface area contributed by atoms with Crippen LogP contribution in [0.25, 0.3) is 22.5 Å². The van der Waals surface area contributed by atoms with Gasteiger partial charge in [0.25, 0.3) is 5.91 Å². The third kappa shape index (κ3) is 3.79. The van der Waals surface area contributed by atoms with Gasteiger partial charge in [0.2, 0.25) is 0 Å². The zero-order chi connectivity index (χ0) is 25.9. The molecule has 7 nitrogen and oxygen atoms in total. The Bertz CT molecular complexity index is 1540. The quantitative estimate of drug-likeness (QED) is 0.423. The third-order valence-electron chi connectivity index (χ3n) is 7.25. The average Bonchev–Trinajstić information content (AvgIpc) is 3.47. The van der Waals surface area contributed by atoms with Crippen LogP contribution in [-0.2, 0) is 25.2 Å². The molecule has 3 heterocycles. The SMILES string of the molecule is Cn1cnnc1-c1ccccc1-c1cc(N2Cc3c(cccc3C(F)(F)F)C2=O)nc(C2(CO)CC2)c1. The van der Waals surface area contributed by atoms with E-state index in [9.17, 15) is 23.1 Å². The normalized spacial score (nSPS) is 16.2. The molecule has 1 saturated carbocycles. The van der Waals surface area contributed by atoms with E-state index < -0.39 is 23.1 Å². The number of aryl methyl sites for hydroxylation is 1. The van der Waals surface area contributed by atoms with Crippen LogP contribution in [-0.4, -0.2) is 37.4 Å². The van der Waals surface area contributed by atoms with Crippen molar-refractivity contribution in [3.8, 4) is 22.5 Å². The van der Waals surface area contributed by atoms with E-state index in [4.69, 9.17) is 4.98 Å². The first-order valence-electron chi connectivity index (χ1n) is 11.8. The van der Waals surface area contributed by atoms with Gasteiger partial charge >= 0.3 is 6.18 Å². The zero-order valence-electron chi connectivity index (χ0n) is 19.8. The van der Waals surface area contributed by atoms with Gasteiger partial charge in [-0.25, -0.2) is 4.98 Å². The second-order valence-corrected chi connectivity index (χ2v) is 9.57. The Labute approximate surface area is 210 Å². The number of aromatic nitrogens is 4. The molecular formula is C27H22F3N5O2. The van der Waals surface area contributed by atoms with Crippen LogP contribution in [0, 0.1) is 0 Å².